The van der Waals surface area contributed by atoms with Crippen molar-refractivity contribution in [1.29, 1.82) is 0 Å². The van der Waals surface area contributed by atoms with Gasteiger partial charge in [0.05, 0.1) is 11.6 Å². The highest BCUT2D eigenvalue weighted by Crippen LogP contribution is 2.26. The van der Waals surface area contributed by atoms with E-state index >= 15 is 0 Å². The lowest BCUT2D eigenvalue weighted by atomic mass is 10.1. The molecule has 0 radical (unpaired) electrons. The highest BCUT2D eigenvalue weighted by molar-refractivity contribution is 5.93. The summed E-state index contributed by atoms with van der Waals surface area (Å²) in [6, 6.07) is 6.89. The highest BCUT2D eigenvalue weighted by atomic mass is 16.5. The van der Waals surface area contributed by atoms with Gasteiger partial charge in [0.15, 0.2) is 12.3 Å². The standard InChI is InChI=1S/C19H22N2O5/c1-12-3-4-14-15(9-12)20-16(19(23)24)10-17(14)26-11-18(22)21-7-5-13(25-2)6-8-21/h3-4,9-10,13H,5-8,11H2,1-2H3,(H,23,24). The van der Waals surface area contributed by atoms with Gasteiger partial charge < -0.3 is 19.5 Å². The van der Waals surface area contributed by atoms with Crippen molar-refractivity contribution in [1.82, 2.24) is 9.88 Å². The Hall–Kier alpha value is -2.67. The molecule has 1 fully saturated rings. The van der Waals surface area contributed by atoms with Crippen molar-refractivity contribution in [2.75, 3.05) is 26.8 Å². The van der Waals surface area contributed by atoms with Crippen molar-refractivity contribution in [3.63, 3.8) is 0 Å². The number of aryl methyl sites for hydroxylation is 1. The molecule has 0 unspecified atom stereocenters. The third kappa shape index (κ3) is 3.94. The molecule has 138 valence electrons. The van der Waals surface area contributed by atoms with Crippen molar-refractivity contribution in [3.8, 4) is 5.75 Å². The van der Waals surface area contributed by atoms with Gasteiger partial charge in [-0.2, -0.15) is 0 Å². The Morgan fingerprint density at radius 2 is 2.00 bits per heavy atom. The number of aromatic carboxylic acids is 1. The predicted octanol–water partition coefficient (Wildman–Crippen LogP) is 2.26. The molecule has 1 N–H and O–H groups in total. The van der Waals surface area contributed by atoms with E-state index in [1.165, 1.54) is 6.07 Å². The molecule has 1 saturated heterocycles. The number of likely N-dealkylation sites (tertiary alicyclic amines) is 1. The van der Waals surface area contributed by atoms with E-state index in [-0.39, 0.29) is 24.3 Å². The summed E-state index contributed by atoms with van der Waals surface area (Å²) in [7, 11) is 1.68. The van der Waals surface area contributed by atoms with Gasteiger partial charge in [-0.25, -0.2) is 9.78 Å². The zero-order valence-electron chi connectivity index (χ0n) is 14.9. The van der Waals surface area contributed by atoms with Crippen molar-refractivity contribution < 1.29 is 24.2 Å². The van der Waals surface area contributed by atoms with Crippen LogP contribution in [0.2, 0.25) is 0 Å². The summed E-state index contributed by atoms with van der Waals surface area (Å²) in [6.45, 7) is 3.04. The number of hydrogen-bond donors (Lipinski definition) is 1. The first-order valence-corrected chi connectivity index (χ1v) is 8.56. The molecule has 1 aromatic carbocycles. The van der Waals surface area contributed by atoms with Gasteiger partial charge in [-0.15, -0.1) is 0 Å². The molecule has 7 heteroatoms. The monoisotopic (exact) mass is 358 g/mol. The molecule has 1 aliphatic rings. The van der Waals surface area contributed by atoms with Crippen molar-refractivity contribution >= 4 is 22.8 Å². The lowest BCUT2D eigenvalue weighted by molar-refractivity contribution is -0.135. The molecule has 1 aliphatic heterocycles. The summed E-state index contributed by atoms with van der Waals surface area (Å²) in [6.07, 6.45) is 1.82. The number of ether oxygens (including phenoxy) is 2. The fraction of sp³-hybridized carbons (Fsp3) is 0.421. The third-order valence-corrected chi connectivity index (χ3v) is 4.63. The summed E-state index contributed by atoms with van der Waals surface area (Å²) in [4.78, 5) is 29.6. The second-order valence-electron chi connectivity index (χ2n) is 6.44. The highest BCUT2D eigenvalue weighted by Gasteiger charge is 2.23. The predicted molar refractivity (Wildman–Crippen MR) is 95.5 cm³/mol. The number of benzene rings is 1. The smallest absolute Gasteiger partial charge is 0.354 e. The maximum Gasteiger partial charge on any atom is 0.354 e. The summed E-state index contributed by atoms with van der Waals surface area (Å²) in [5.41, 5.74) is 1.40. The lowest BCUT2D eigenvalue weighted by Crippen LogP contribution is -2.42. The van der Waals surface area contributed by atoms with E-state index in [2.05, 4.69) is 4.98 Å². The first-order chi connectivity index (χ1) is 12.5. The fourth-order valence-corrected chi connectivity index (χ4v) is 3.11. The number of piperidine rings is 1. The van der Waals surface area contributed by atoms with Gasteiger partial charge in [0.25, 0.3) is 5.91 Å². The molecule has 0 bridgehead atoms. The number of aromatic nitrogens is 1. The number of carboxylic acids is 1. The van der Waals surface area contributed by atoms with Crippen LogP contribution in [-0.2, 0) is 9.53 Å². The molecular weight excluding hydrogens is 336 g/mol. The fourth-order valence-electron chi connectivity index (χ4n) is 3.11. The molecule has 26 heavy (non-hydrogen) atoms. The number of methoxy groups -OCH3 is 1. The Labute approximate surface area is 151 Å². The summed E-state index contributed by atoms with van der Waals surface area (Å²) in [5.74, 6) is -0.896. The SMILES string of the molecule is COC1CCN(C(=O)COc2cc(C(=O)O)nc3cc(C)ccc23)CC1. The lowest BCUT2D eigenvalue weighted by Gasteiger charge is -2.31. The van der Waals surface area contributed by atoms with Crippen LogP contribution in [0.3, 0.4) is 0 Å². The molecule has 2 aromatic rings. The van der Waals surface area contributed by atoms with Crippen LogP contribution in [0.5, 0.6) is 5.75 Å². The van der Waals surface area contributed by atoms with Crippen LogP contribution in [0.1, 0.15) is 28.9 Å². The average Bonchev–Trinajstić information content (AvgIpc) is 2.65. The average molecular weight is 358 g/mol. The number of rotatable bonds is 5. The Bertz CT molecular complexity index is 828. The van der Waals surface area contributed by atoms with Gasteiger partial charge in [0.1, 0.15) is 5.75 Å². The molecule has 0 saturated carbocycles. The van der Waals surface area contributed by atoms with Crippen LogP contribution in [0.4, 0.5) is 0 Å². The van der Waals surface area contributed by atoms with Crippen LogP contribution < -0.4 is 4.74 Å². The van der Waals surface area contributed by atoms with Crippen LogP contribution >= 0.6 is 0 Å². The Kier molecular flexibility index (Phi) is 5.37. The minimum atomic E-state index is -1.13. The third-order valence-electron chi connectivity index (χ3n) is 4.63. The second-order valence-corrected chi connectivity index (χ2v) is 6.44. The van der Waals surface area contributed by atoms with Crippen LogP contribution in [-0.4, -0.2) is 59.8 Å². The zero-order chi connectivity index (χ0) is 18.7. The van der Waals surface area contributed by atoms with Crippen LogP contribution in [0.25, 0.3) is 10.9 Å². The summed E-state index contributed by atoms with van der Waals surface area (Å²) in [5, 5.41) is 9.95. The Morgan fingerprint density at radius 1 is 1.27 bits per heavy atom. The minimum Gasteiger partial charge on any atom is -0.483 e. The van der Waals surface area contributed by atoms with Crippen molar-refractivity contribution in [3.05, 3.63) is 35.5 Å². The summed E-state index contributed by atoms with van der Waals surface area (Å²) < 4.78 is 11.0. The quantitative estimate of drug-likeness (QED) is 0.882. The number of carboxylic acid groups (broad SMARTS) is 1. The Balaban J connectivity index is 1.76. The van der Waals surface area contributed by atoms with Gasteiger partial charge in [0, 0.05) is 31.7 Å². The Morgan fingerprint density at radius 3 is 2.65 bits per heavy atom. The first kappa shape index (κ1) is 18.1. The van der Waals surface area contributed by atoms with E-state index in [1.54, 1.807) is 18.1 Å². The maximum atomic E-state index is 12.4. The number of hydrogen-bond acceptors (Lipinski definition) is 5. The number of carbonyl (C=O) groups is 2. The van der Waals surface area contributed by atoms with Gasteiger partial charge in [-0.3, -0.25) is 4.79 Å². The van der Waals surface area contributed by atoms with E-state index in [1.807, 2.05) is 19.1 Å². The number of nitrogens with zero attached hydrogens (tertiary/aromatic N) is 2. The van der Waals surface area contributed by atoms with Gasteiger partial charge >= 0.3 is 5.97 Å². The largest absolute Gasteiger partial charge is 0.483 e. The van der Waals surface area contributed by atoms with Gasteiger partial charge in [-0.05, 0) is 37.5 Å². The minimum absolute atomic E-state index is 0.105. The molecule has 1 amide bonds. The number of amides is 1. The molecular formula is C19H22N2O5. The number of carbonyl (C=O) groups excluding carboxylic acids is 1. The second kappa shape index (κ2) is 7.70. The van der Waals surface area contributed by atoms with Gasteiger partial charge in [-0.1, -0.05) is 6.07 Å². The maximum absolute atomic E-state index is 12.4. The molecule has 3 rings (SSSR count). The summed E-state index contributed by atoms with van der Waals surface area (Å²) >= 11 is 0. The molecule has 1 aromatic heterocycles. The van der Waals surface area contributed by atoms with E-state index in [0.717, 1.165) is 18.4 Å². The zero-order valence-corrected chi connectivity index (χ0v) is 14.9. The molecule has 7 nitrogen and oxygen atoms in total. The van der Waals surface area contributed by atoms with Crippen molar-refractivity contribution in [2.24, 2.45) is 0 Å². The number of fused-ring (bicyclic) bond motifs is 1. The van der Waals surface area contributed by atoms with E-state index in [0.29, 0.717) is 29.7 Å². The van der Waals surface area contributed by atoms with Gasteiger partial charge in [0.2, 0.25) is 0 Å². The molecule has 0 atom stereocenters. The van der Waals surface area contributed by atoms with E-state index in [4.69, 9.17) is 9.47 Å². The molecule has 0 spiro atoms. The van der Waals surface area contributed by atoms with E-state index in [9.17, 15) is 14.7 Å². The first-order valence-electron chi connectivity index (χ1n) is 8.56. The topological polar surface area (TPSA) is 89.0 Å². The van der Waals surface area contributed by atoms with Crippen LogP contribution in [0, 0.1) is 6.92 Å². The van der Waals surface area contributed by atoms with Crippen molar-refractivity contribution in [2.45, 2.75) is 25.9 Å². The molecule has 0 aliphatic carbocycles. The normalized spacial score (nSPS) is 15.2. The van der Waals surface area contributed by atoms with E-state index < -0.39 is 5.97 Å². The molecule has 2 heterocycles. The number of pyridine rings is 1. The van der Waals surface area contributed by atoms with Crippen LogP contribution in [0.15, 0.2) is 24.3 Å².